The Morgan fingerprint density at radius 3 is 2.41 bits per heavy atom. The van der Waals surface area contributed by atoms with E-state index in [0.717, 1.165) is 18.4 Å². The molecule has 1 saturated heterocycles. The van der Waals surface area contributed by atoms with Gasteiger partial charge in [-0.3, -0.25) is 4.79 Å². The number of carbonyl (C=O) groups is 1. The third-order valence-electron chi connectivity index (χ3n) is 4.53. The van der Waals surface area contributed by atoms with Gasteiger partial charge in [-0.1, -0.05) is 24.3 Å². The first kappa shape index (κ1) is 19.5. The largest absolute Gasteiger partial charge is 0.461 e. The number of benzene rings is 2. The molecule has 0 bridgehead atoms. The number of nitrogens with zero attached hydrogens (tertiary/aromatic N) is 1. The molecule has 0 aliphatic carbocycles. The minimum absolute atomic E-state index is 0.0314. The van der Waals surface area contributed by atoms with Crippen molar-refractivity contribution in [2.45, 2.75) is 37.2 Å². The van der Waals surface area contributed by atoms with Crippen molar-refractivity contribution in [2.24, 2.45) is 0 Å². The fourth-order valence-electron chi connectivity index (χ4n) is 3.01. The highest BCUT2D eigenvalue weighted by molar-refractivity contribution is 7.89. The summed E-state index contributed by atoms with van der Waals surface area (Å²) in [6, 6.07) is 12.5. The first-order valence-electron chi connectivity index (χ1n) is 8.94. The highest BCUT2D eigenvalue weighted by Crippen LogP contribution is 2.21. The van der Waals surface area contributed by atoms with E-state index < -0.39 is 10.0 Å². The Kier molecular flexibility index (Phi) is 6.23. The number of aryl methyl sites for hydroxylation is 1. The quantitative estimate of drug-likeness (QED) is 0.680. The number of rotatable bonds is 7. The molecule has 0 atom stereocenters. The Balaban J connectivity index is 1.50. The van der Waals surface area contributed by atoms with Gasteiger partial charge in [0.2, 0.25) is 10.0 Å². The lowest BCUT2D eigenvalue weighted by Crippen LogP contribution is -2.27. The summed E-state index contributed by atoms with van der Waals surface area (Å²) in [5.41, 5.74) is 1.46. The van der Waals surface area contributed by atoms with Crippen molar-refractivity contribution in [3.63, 3.8) is 0 Å². The molecule has 1 aliphatic heterocycles. The summed E-state index contributed by atoms with van der Waals surface area (Å²) < 4.78 is 44.7. The molecule has 2 aromatic carbocycles. The van der Waals surface area contributed by atoms with Crippen molar-refractivity contribution < 1.29 is 22.3 Å². The zero-order valence-electron chi connectivity index (χ0n) is 14.9. The van der Waals surface area contributed by atoms with Gasteiger partial charge in [0, 0.05) is 19.5 Å². The van der Waals surface area contributed by atoms with Gasteiger partial charge < -0.3 is 4.74 Å². The van der Waals surface area contributed by atoms with Crippen molar-refractivity contribution in [3.8, 4) is 0 Å². The van der Waals surface area contributed by atoms with E-state index >= 15 is 0 Å². The zero-order chi connectivity index (χ0) is 19.3. The monoisotopic (exact) mass is 391 g/mol. The fraction of sp³-hybridized carbons (Fsp3) is 0.350. The molecule has 0 saturated carbocycles. The van der Waals surface area contributed by atoms with Crippen LogP contribution in [0.3, 0.4) is 0 Å². The van der Waals surface area contributed by atoms with Crippen molar-refractivity contribution >= 4 is 16.0 Å². The lowest BCUT2D eigenvalue weighted by Gasteiger charge is -2.15. The highest BCUT2D eigenvalue weighted by Gasteiger charge is 2.26. The Labute approximate surface area is 158 Å². The molecular formula is C20H22FNO4S. The molecule has 2 aromatic rings. The summed E-state index contributed by atoms with van der Waals surface area (Å²) in [5, 5.41) is 0. The van der Waals surface area contributed by atoms with E-state index in [0.29, 0.717) is 25.1 Å². The van der Waals surface area contributed by atoms with Crippen molar-refractivity contribution in [2.75, 3.05) is 13.1 Å². The van der Waals surface area contributed by atoms with E-state index in [1.807, 2.05) is 0 Å². The Morgan fingerprint density at radius 2 is 1.74 bits per heavy atom. The Morgan fingerprint density at radius 1 is 1.04 bits per heavy atom. The molecule has 1 heterocycles. The highest BCUT2D eigenvalue weighted by atomic mass is 32.2. The van der Waals surface area contributed by atoms with Gasteiger partial charge in [-0.05, 0) is 54.7 Å². The van der Waals surface area contributed by atoms with E-state index in [9.17, 15) is 17.6 Å². The average molecular weight is 391 g/mol. The van der Waals surface area contributed by atoms with Gasteiger partial charge in [0.1, 0.15) is 12.4 Å². The summed E-state index contributed by atoms with van der Waals surface area (Å²) in [7, 11) is -3.42. The van der Waals surface area contributed by atoms with E-state index in [4.69, 9.17) is 4.74 Å². The van der Waals surface area contributed by atoms with E-state index in [1.54, 1.807) is 36.4 Å². The van der Waals surface area contributed by atoms with E-state index in [1.165, 1.54) is 16.4 Å². The minimum atomic E-state index is -3.42. The van der Waals surface area contributed by atoms with Crippen LogP contribution in [0.5, 0.6) is 0 Å². The SMILES string of the molecule is O=C(CCc1ccc(S(=O)(=O)N2CCCC2)cc1)OCc1cccc(F)c1. The molecule has 0 amide bonds. The first-order valence-corrected chi connectivity index (χ1v) is 10.4. The average Bonchev–Trinajstić information content (AvgIpc) is 3.21. The summed E-state index contributed by atoms with van der Waals surface area (Å²) >= 11 is 0. The van der Waals surface area contributed by atoms with Crippen molar-refractivity contribution in [1.82, 2.24) is 4.31 Å². The van der Waals surface area contributed by atoms with Crippen LogP contribution in [0.1, 0.15) is 30.4 Å². The molecule has 0 radical (unpaired) electrons. The number of carbonyl (C=O) groups excluding carboxylic acids is 1. The van der Waals surface area contributed by atoms with Crippen LogP contribution < -0.4 is 0 Å². The van der Waals surface area contributed by atoms with Crippen LogP contribution in [0.2, 0.25) is 0 Å². The van der Waals surface area contributed by atoms with Gasteiger partial charge >= 0.3 is 5.97 Å². The van der Waals surface area contributed by atoms with Gasteiger partial charge in [0.25, 0.3) is 0 Å². The van der Waals surface area contributed by atoms with Crippen LogP contribution in [-0.2, 0) is 32.6 Å². The Bertz CT molecular complexity index is 890. The van der Waals surface area contributed by atoms with Gasteiger partial charge in [-0.25, -0.2) is 12.8 Å². The van der Waals surface area contributed by atoms with E-state index in [-0.39, 0.29) is 29.7 Å². The van der Waals surface area contributed by atoms with Crippen molar-refractivity contribution in [3.05, 3.63) is 65.5 Å². The van der Waals surface area contributed by atoms with Gasteiger partial charge in [-0.15, -0.1) is 0 Å². The normalized spacial score (nSPS) is 15.0. The van der Waals surface area contributed by atoms with Crippen LogP contribution in [0, 0.1) is 5.82 Å². The second-order valence-electron chi connectivity index (χ2n) is 6.55. The Hall–Kier alpha value is -2.25. The standard InChI is InChI=1S/C20H22FNO4S/c21-18-5-3-4-17(14-18)15-26-20(23)11-8-16-6-9-19(10-7-16)27(24,25)22-12-1-2-13-22/h3-7,9-10,14H,1-2,8,11-13,15H2. The van der Waals surface area contributed by atoms with Gasteiger partial charge in [0.15, 0.2) is 0 Å². The molecule has 3 rings (SSSR count). The number of sulfonamides is 1. The lowest BCUT2D eigenvalue weighted by atomic mass is 10.1. The smallest absolute Gasteiger partial charge is 0.306 e. The number of esters is 1. The molecule has 0 unspecified atom stereocenters. The predicted molar refractivity (Wildman–Crippen MR) is 99.0 cm³/mol. The van der Waals surface area contributed by atoms with Gasteiger partial charge in [0.05, 0.1) is 4.90 Å². The number of hydrogen-bond donors (Lipinski definition) is 0. The second kappa shape index (κ2) is 8.63. The van der Waals surface area contributed by atoms with E-state index in [2.05, 4.69) is 0 Å². The molecule has 7 heteroatoms. The molecule has 1 aliphatic rings. The maximum atomic E-state index is 13.1. The topological polar surface area (TPSA) is 63.7 Å². The van der Waals surface area contributed by atoms with Gasteiger partial charge in [-0.2, -0.15) is 4.31 Å². The molecule has 0 aromatic heterocycles. The fourth-order valence-corrected chi connectivity index (χ4v) is 4.53. The second-order valence-corrected chi connectivity index (χ2v) is 8.48. The summed E-state index contributed by atoms with van der Waals surface area (Å²) in [6.07, 6.45) is 2.42. The van der Waals surface area contributed by atoms with Crippen LogP contribution in [0.25, 0.3) is 0 Å². The molecule has 1 fully saturated rings. The van der Waals surface area contributed by atoms with Crippen LogP contribution in [0.4, 0.5) is 4.39 Å². The molecule has 144 valence electrons. The minimum Gasteiger partial charge on any atom is -0.461 e. The summed E-state index contributed by atoms with van der Waals surface area (Å²) in [6.45, 7) is 1.17. The van der Waals surface area contributed by atoms with Crippen LogP contribution in [0.15, 0.2) is 53.4 Å². The summed E-state index contributed by atoms with van der Waals surface area (Å²) in [5.74, 6) is -0.749. The zero-order valence-corrected chi connectivity index (χ0v) is 15.8. The molecular weight excluding hydrogens is 369 g/mol. The third-order valence-corrected chi connectivity index (χ3v) is 6.45. The third kappa shape index (κ3) is 5.14. The lowest BCUT2D eigenvalue weighted by molar-refractivity contribution is -0.144. The molecule has 0 N–H and O–H groups in total. The number of ether oxygens (including phenoxy) is 1. The first-order chi connectivity index (χ1) is 12.9. The molecule has 0 spiro atoms. The van der Waals surface area contributed by atoms with Crippen molar-refractivity contribution in [1.29, 1.82) is 0 Å². The predicted octanol–water partition coefficient (Wildman–Crippen LogP) is 3.29. The summed E-state index contributed by atoms with van der Waals surface area (Å²) in [4.78, 5) is 12.1. The van der Waals surface area contributed by atoms with Crippen LogP contribution >= 0.6 is 0 Å². The van der Waals surface area contributed by atoms with Crippen LogP contribution in [-0.4, -0.2) is 31.8 Å². The molecule has 5 nitrogen and oxygen atoms in total. The number of hydrogen-bond acceptors (Lipinski definition) is 4. The molecule has 27 heavy (non-hydrogen) atoms. The number of halogens is 1. The maximum absolute atomic E-state index is 13.1. The maximum Gasteiger partial charge on any atom is 0.306 e.